The van der Waals surface area contributed by atoms with E-state index < -0.39 is 5.97 Å². The molecule has 5 rings (SSSR count). The third kappa shape index (κ3) is 4.89. The summed E-state index contributed by atoms with van der Waals surface area (Å²) < 4.78 is 16.1. The number of rotatable bonds is 7. The van der Waals surface area contributed by atoms with Crippen molar-refractivity contribution in [3.05, 3.63) is 101 Å². The Kier molecular flexibility index (Phi) is 6.60. The molecule has 1 aromatic heterocycles. The van der Waals surface area contributed by atoms with Crippen LogP contribution in [0.2, 0.25) is 0 Å². The van der Waals surface area contributed by atoms with Gasteiger partial charge in [-0.05, 0) is 77.0 Å². The summed E-state index contributed by atoms with van der Waals surface area (Å²) in [6.07, 6.45) is 3.02. The molecule has 3 aromatic carbocycles. The van der Waals surface area contributed by atoms with Crippen molar-refractivity contribution < 1.29 is 28.3 Å². The molecule has 1 aliphatic heterocycles. The first-order valence-electron chi connectivity index (χ1n) is 11.3. The van der Waals surface area contributed by atoms with E-state index in [-0.39, 0.29) is 29.2 Å². The standard InChI is InChI=1S/C28H21NO6S/c1-2-33-24-15-18(10-12-22(24)35-27(31)23-8-5-13-34-23)16-25-26(30)29(28(32)36-25)17-19-9-11-20-6-3-4-7-21(20)14-19/h3-16H,2,17H2,1H3/b25-16-. The maximum Gasteiger partial charge on any atom is 0.379 e. The van der Waals surface area contributed by atoms with Crippen molar-refractivity contribution in [2.45, 2.75) is 13.5 Å². The van der Waals surface area contributed by atoms with Gasteiger partial charge in [-0.25, -0.2) is 4.79 Å². The lowest BCUT2D eigenvalue weighted by atomic mass is 10.1. The SMILES string of the molecule is CCOc1cc(/C=C2\SC(=O)N(Cc3ccc4ccccc4c3)C2=O)ccc1OC(=O)c1ccco1. The number of furan rings is 1. The predicted molar refractivity (Wildman–Crippen MR) is 137 cm³/mol. The van der Waals surface area contributed by atoms with Crippen LogP contribution in [-0.4, -0.2) is 28.6 Å². The molecular weight excluding hydrogens is 478 g/mol. The third-order valence-corrected chi connectivity index (χ3v) is 6.43. The molecule has 0 radical (unpaired) electrons. The fourth-order valence-corrected chi connectivity index (χ4v) is 4.66. The van der Waals surface area contributed by atoms with E-state index in [9.17, 15) is 14.4 Å². The van der Waals surface area contributed by atoms with Gasteiger partial charge in [0.05, 0.1) is 24.3 Å². The smallest absolute Gasteiger partial charge is 0.379 e. The molecule has 8 heteroatoms. The highest BCUT2D eigenvalue weighted by atomic mass is 32.2. The summed E-state index contributed by atoms with van der Waals surface area (Å²) in [7, 11) is 0. The van der Waals surface area contributed by atoms with E-state index in [1.807, 2.05) is 49.4 Å². The molecule has 0 bridgehead atoms. The Bertz CT molecular complexity index is 1490. The number of ether oxygens (including phenoxy) is 2. The van der Waals surface area contributed by atoms with Gasteiger partial charge in [-0.1, -0.05) is 42.5 Å². The van der Waals surface area contributed by atoms with Gasteiger partial charge in [-0.2, -0.15) is 0 Å². The first-order chi connectivity index (χ1) is 17.5. The lowest BCUT2D eigenvalue weighted by molar-refractivity contribution is -0.123. The largest absolute Gasteiger partial charge is 0.490 e. The Morgan fingerprint density at radius 3 is 2.58 bits per heavy atom. The molecule has 0 spiro atoms. The van der Waals surface area contributed by atoms with E-state index in [4.69, 9.17) is 13.9 Å². The van der Waals surface area contributed by atoms with Crippen molar-refractivity contribution in [3.8, 4) is 11.5 Å². The van der Waals surface area contributed by atoms with Gasteiger partial charge >= 0.3 is 5.97 Å². The quantitative estimate of drug-likeness (QED) is 0.168. The van der Waals surface area contributed by atoms with E-state index in [2.05, 4.69) is 0 Å². The first-order valence-corrected chi connectivity index (χ1v) is 12.1. The fraction of sp³-hybridized carbons (Fsp3) is 0.107. The lowest BCUT2D eigenvalue weighted by Crippen LogP contribution is -2.27. The van der Waals surface area contributed by atoms with Crippen LogP contribution < -0.4 is 9.47 Å². The molecule has 0 N–H and O–H groups in total. The van der Waals surface area contributed by atoms with Crippen molar-refractivity contribution >= 4 is 45.7 Å². The van der Waals surface area contributed by atoms with Gasteiger partial charge in [0.15, 0.2) is 11.5 Å². The van der Waals surface area contributed by atoms with Gasteiger partial charge in [0.2, 0.25) is 5.76 Å². The number of thioether (sulfide) groups is 1. The van der Waals surface area contributed by atoms with Gasteiger partial charge < -0.3 is 13.9 Å². The van der Waals surface area contributed by atoms with Gasteiger partial charge in [0.1, 0.15) is 0 Å². The monoisotopic (exact) mass is 499 g/mol. The van der Waals surface area contributed by atoms with Gasteiger partial charge in [-0.3, -0.25) is 14.5 Å². The Morgan fingerprint density at radius 1 is 0.972 bits per heavy atom. The second-order valence-electron chi connectivity index (χ2n) is 7.96. The van der Waals surface area contributed by atoms with Crippen LogP contribution in [0.3, 0.4) is 0 Å². The number of esters is 1. The highest BCUT2D eigenvalue weighted by Gasteiger charge is 2.35. The molecule has 0 aliphatic carbocycles. The number of carbonyl (C=O) groups excluding carboxylic acids is 3. The number of hydrogen-bond acceptors (Lipinski definition) is 7. The van der Waals surface area contributed by atoms with Crippen LogP contribution in [-0.2, 0) is 11.3 Å². The molecule has 0 unspecified atom stereocenters. The Hall–Kier alpha value is -4.30. The van der Waals surface area contributed by atoms with E-state index in [0.29, 0.717) is 22.8 Å². The predicted octanol–water partition coefficient (Wildman–Crippen LogP) is 6.29. The average molecular weight is 500 g/mol. The number of imide groups is 1. The van der Waals surface area contributed by atoms with E-state index in [0.717, 1.165) is 28.1 Å². The van der Waals surface area contributed by atoms with Crippen LogP contribution >= 0.6 is 11.8 Å². The minimum absolute atomic E-state index is 0.0709. The van der Waals surface area contributed by atoms with Gasteiger partial charge in [-0.15, -0.1) is 0 Å². The zero-order valence-electron chi connectivity index (χ0n) is 19.3. The maximum atomic E-state index is 13.0. The van der Waals surface area contributed by atoms with Crippen LogP contribution in [0.15, 0.2) is 88.4 Å². The number of benzene rings is 3. The number of hydrogen-bond donors (Lipinski definition) is 0. The molecule has 36 heavy (non-hydrogen) atoms. The van der Waals surface area contributed by atoms with E-state index in [1.54, 1.807) is 30.3 Å². The molecule has 7 nitrogen and oxygen atoms in total. The zero-order valence-corrected chi connectivity index (χ0v) is 20.1. The van der Waals surface area contributed by atoms with E-state index >= 15 is 0 Å². The van der Waals surface area contributed by atoms with Crippen molar-refractivity contribution in [2.75, 3.05) is 6.61 Å². The molecule has 1 saturated heterocycles. The number of amides is 2. The number of nitrogens with zero attached hydrogens (tertiary/aromatic N) is 1. The summed E-state index contributed by atoms with van der Waals surface area (Å²) in [6, 6.07) is 21.8. The fourth-order valence-electron chi connectivity index (χ4n) is 3.82. The summed E-state index contributed by atoms with van der Waals surface area (Å²) in [6.45, 7) is 2.35. The van der Waals surface area contributed by atoms with Gasteiger partial charge in [0, 0.05) is 0 Å². The molecule has 4 aromatic rings. The van der Waals surface area contributed by atoms with Crippen LogP contribution in [0.25, 0.3) is 16.8 Å². The van der Waals surface area contributed by atoms with Crippen molar-refractivity contribution in [3.63, 3.8) is 0 Å². The molecular formula is C28H21NO6S. The van der Waals surface area contributed by atoms with Crippen LogP contribution in [0.4, 0.5) is 4.79 Å². The Morgan fingerprint density at radius 2 is 1.81 bits per heavy atom. The normalized spacial score (nSPS) is 14.6. The maximum absolute atomic E-state index is 13.0. The molecule has 1 aliphatic rings. The summed E-state index contributed by atoms with van der Waals surface area (Å²) in [5.74, 6) is -0.379. The molecule has 0 saturated carbocycles. The average Bonchev–Trinajstić information content (AvgIpc) is 3.51. The summed E-state index contributed by atoms with van der Waals surface area (Å²) in [5.41, 5.74) is 1.51. The molecule has 2 heterocycles. The molecule has 0 atom stereocenters. The number of carbonyl (C=O) groups is 3. The minimum atomic E-state index is -0.650. The number of fused-ring (bicyclic) bond motifs is 1. The highest BCUT2D eigenvalue weighted by Crippen LogP contribution is 2.36. The van der Waals surface area contributed by atoms with Gasteiger partial charge in [0.25, 0.3) is 11.1 Å². The third-order valence-electron chi connectivity index (χ3n) is 5.52. The molecule has 180 valence electrons. The first kappa shape index (κ1) is 23.4. The summed E-state index contributed by atoms with van der Waals surface area (Å²) >= 11 is 0.892. The second kappa shape index (κ2) is 10.1. The highest BCUT2D eigenvalue weighted by molar-refractivity contribution is 8.18. The molecule has 1 fully saturated rings. The minimum Gasteiger partial charge on any atom is -0.490 e. The zero-order chi connectivity index (χ0) is 25.1. The van der Waals surface area contributed by atoms with Crippen molar-refractivity contribution in [1.82, 2.24) is 4.90 Å². The van der Waals surface area contributed by atoms with Crippen LogP contribution in [0.5, 0.6) is 11.5 Å². The van der Waals surface area contributed by atoms with E-state index in [1.165, 1.54) is 17.2 Å². The Labute approximate surface area is 211 Å². The second-order valence-corrected chi connectivity index (χ2v) is 8.95. The summed E-state index contributed by atoms with van der Waals surface area (Å²) in [4.78, 5) is 39.5. The van der Waals surface area contributed by atoms with Crippen LogP contribution in [0.1, 0.15) is 28.6 Å². The summed E-state index contributed by atoms with van der Waals surface area (Å²) in [5, 5.41) is 1.82. The van der Waals surface area contributed by atoms with Crippen molar-refractivity contribution in [2.24, 2.45) is 0 Å². The topological polar surface area (TPSA) is 86.0 Å². The lowest BCUT2D eigenvalue weighted by Gasteiger charge is -2.13. The van der Waals surface area contributed by atoms with Crippen LogP contribution in [0, 0.1) is 0 Å². The Balaban J connectivity index is 1.35. The van der Waals surface area contributed by atoms with Crippen molar-refractivity contribution in [1.29, 1.82) is 0 Å². The molecule has 2 amide bonds.